The first-order valence-corrected chi connectivity index (χ1v) is 8.67. The molecule has 0 aliphatic heterocycles. The smallest absolute Gasteiger partial charge is 0.416 e. The first-order valence-electron chi connectivity index (χ1n) is 8.29. The summed E-state index contributed by atoms with van der Waals surface area (Å²) in [5, 5.41) is 13.6. The van der Waals surface area contributed by atoms with E-state index in [1.807, 2.05) is 0 Å². The van der Waals surface area contributed by atoms with Crippen LogP contribution in [0.2, 0.25) is 5.02 Å². The van der Waals surface area contributed by atoms with Gasteiger partial charge in [-0.2, -0.15) is 13.2 Å². The summed E-state index contributed by atoms with van der Waals surface area (Å²) in [5.41, 5.74) is -1.30. The minimum atomic E-state index is -4.56. The highest BCUT2D eigenvalue weighted by molar-refractivity contribution is 6.32. The third kappa shape index (κ3) is 5.74. The zero-order valence-electron chi connectivity index (χ0n) is 15.2. The van der Waals surface area contributed by atoms with Crippen molar-refractivity contribution in [2.45, 2.75) is 26.1 Å². The summed E-state index contributed by atoms with van der Waals surface area (Å²) < 4.78 is 48.5. The first kappa shape index (κ1) is 22.3. The Hall–Kier alpha value is -3.01. The summed E-state index contributed by atoms with van der Waals surface area (Å²) in [6.45, 7) is 3.22. The Morgan fingerprint density at radius 2 is 1.97 bits per heavy atom. The van der Waals surface area contributed by atoms with Gasteiger partial charge in [0.25, 0.3) is 5.69 Å². The van der Waals surface area contributed by atoms with Gasteiger partial charge >= 0.3 is 12.1 Å². The van der Waals surface area contributed by atoms with E-state index in [2.05, 4.69) is 5.32 Å². The van der Waals surface area contributed by atoms with E-state index in [1.165, 1.54) is 19.1 Å². The number of anilines is 1. The third-order valence-corrected chi connectivity index (χ3v) is 3.96. The quantitative estimate of drug-likeness (QED) is 0.357. The van der Waals surface area contributed by atoms with Crippen LogP contribution in [0.1, 0.15) is 19.4 Å². The molecule has 0 fully saturated rings. The molecule has 1 unspecified atom stereocenters. The summed E-state index contributed by atoms with van der Waals surface area (Å²) in [6.07, 6.45) is -4.56. The van der Waals surface area contributed by atoms with Gasteiger partial charge in [-0.3, -0.25) is 10.1 Å². The summed E-state index contributed by atoms with van der Waals surface area (Å²) in [7, 11) is 0. The predicted octanol–water partition coefficient (Wildman–Crippen LogP) is 5.42. The summed E-state index contributed by atoms with van der Waals surface area (Å²) in [5.74, 6) is -0.618. The molecule has 1 N–H and O–H groups in total. The standard InChI is InChI=1S/C18H16ClF3N2O5/c1-3-28-17(25)10(2)23-14-9-12(5-6-15(14)24(26)27)29-16-7-4-11(8-13(16)19)18(20,21)22/h4-10,23H,3H2,1-2H3. The number of carbonyl (C=O) groups excluding carboxylic acids is 1. The van der Waals surface area contributed by atoms with Crippen LogP contribution in [0.3, 0.4) is 0 Å². The summed E-state index contributed by atoms with van der Waals surface area (Å²) >= 11 is 5.86. The molecule has 7 nitrogen and oxygen atoms in total. The highest BCUT2D eigenvalue weighted by atomic mass is 35.5. The molecule has 11 heteroatoms. The number of benzene rings is 2. The average Bonchev–Trinajstić information content (AvgIpc) is 2.62. The Labute approximate surface area is 168 Å². The van der Waals surface area contributed by atoms with Gasteiger partial charge in [-0.15, -0.1) is 0 Å². The second-order valence-corrected chi connectivity index (χ2v) is 6.21. The van der Waals surface area contributed by atoms with Gasteiger partial charge < -0.3 is 14.8 Å². The highest BCUT2D eigenvalue weighted by Crippen LogP contribution is 2.38. The minimum absolute atomic E-state index is 0.0314. The lowest BCUT2D eigenvalue weighted by Crippen LogP contribution is -2.28. The first-order chi connectivity index (χ1) is 13.5. The molecule has 0 heterocycles. The second-order valence-electron chi connectivity index (χ2n) is 5.80. The second kappa shape index (κ2) is 8.99. The maximum Gasteiger partial charge on any atom is 0.416 e. The molecular weight excluding hydrogens is 417 g/mol. The van der Waals surface area contributed by atoms with Crippen LogP contribution >= 0.6 is 11.6 Å². The van der Waals surface area contributed by atoms with Crippen molar-refractivity contribution in [2.75, 3.05) is 11.9 Å². The van der Waals surface area contributed by atoms with Gasteiger partial charge in [0.05, 0.1) is 22.1 Å². The molecule has 0 radical (unpaired) electrons. The number of ether oxygens (including phenoxy) is 2. The number of nitro groups is 1. The number of nitro benzene ring substituents is 1. The van der Waals surface area contributed by atoms with Crippen LogP contribution in [-0.2, 0) is 15.7 Å². The SMILES string of the molecule is CCOC(=O)C(C)Nc1cc(Oc2ccc(C(F)(F)F)cc2Cl)ccc1[N+](=O)[O-]. The van der Waals surface area contributed by atoms with E-state index in [0.717, 1.165) is 18.2 Å². The number of nitrogens with one attached hydrogen (secondary N) is 1. The van der Waals surface area contributed by atoms with E-state index < -0.39 is 28.7 Å². The van der Waals surface area contributed by atoms with Gasteiger partial charge in [-0.05, 0) is 38.1 Å². The highest BCUT2D eigenvalue weighted by Gasteiger charge is 2.31. The van der Waals surface area contributed by atoms with E-state index in [-0.39, 0.29) is 34.5 Å². The van der Waals surface area contributed by atoms with E-state index in [0.29, 0.717) is 6.07 Å². The summed E-state index contributed by atoms with van der Waals surface area (Å²) in [4.78, 5) is 22.3. The van der Waals surface area contributed by atoms with Gasteiger partial charge in [0.15, 0.2) is 0 Å². The van der Waals surface area contributed by atoms with E-state index in [1.54, 1.807) is 6.92 Å². The van der Waals surface area contributed by atoms with Crippen LogP contribution < -0.4 is 10.1 Å². The molecule has 0 aliphatic carbocycles. The number of nitrogens with zero attached hydrogens (tertiary/aromatic N) is 1. The van der Waals surface area contributed by atoms with Crippen LogP contribution in [0.25, 0.3) is 0 Å². The van der Waals surface area contributed by atoms with Gasteiger partial charge in [0.2, 0.25) is 0 Å². The van der Waals surface area contributed by atoms with Crippen LogP contribution in [0, 0.1) is 10.1 Å². The average molecular weight is 433 g/mol. The van der Waals surface area contributed by atoms with Gasteiger partial charge in [0, 0.05) is 12.1 Å². The lowest BCUT2D eigenvalue weighted by atomic mass is 10.2. The van der Waals surface area contributed by atoms with Crippen molar-refractivity contribution in [2.24, 2.45) is 0 Å². The normalized spacial score (nSPS) is 12.2. The molecule has 1 atom stereocenters. The molecular formula is C18H16ClF3N2O5. The minimum Gasteiger partial charge on any atom is -0.464 e. The third-order valence-electron chi connectivity index (χ3n) is 3.66. The Morgan fingerprint density at radius 3 is 2.52 bits per heavy atom. The fourth-order valence-corrected chi connectivity index (χ4v) is 2.52. The largest absolute Gasteiger partial charge is 0.464 e. The lowest BCUT2D eigenvalue weighted by molar-refractivity contribution is -0.384. The number of halogens is 4. The van der Waals surface area contributed by atoms with Crippen molar-refractivity contribution in [3.63, 3.8) is 0 Å². The van der Waals surface area contributed by atoms with Crippen LogP contribution in [-0.4, -0.2) is 23.5 Å². The predicted molar refractivity (Wildman–Crippen MR) is 99.3 cm³/mol. The molecule has 0 bridgehead atoms. The number of hydrogen-bond acceptors (Lipinski definition) is 6. The molecule has 29 heavy (non-hydrogen) atoms. The van der Waals surface area contributed by atoms with Crippen molar-refractivity contribution in [3.8, 4) is 11.5 Å². The van der Waals surface area contributed by atoms with Crippen molar-refractivity contribution < 1.29 is 32.4 Å². The Balaban J connectivity index is 2.31. The maximum absolute atomic E-state index is 12.7. The molecule has 0 aliphatic rings. The fourth-order valence-electron chi connectivity index (χ4n) is 2.30. The Bertz CT molecular complexity index is 921. The Kier molecular flexibility index (Phi) is 6.91. The van der Waals surface area contributed by atoms with E-state index in [4.69, 9.17) is 21.1 Å². The number of hydrogen-bond donors (Lipinski definition) is 1. The molecule has 2 aromatic rings. The zero-order valence-corrected chi connectivity index (χ0v) is 16.0. The van der Waals surface area contributed by atoms with Crippen LogP contribution in [0.4, 0.5) is 24.5 Å². The van der Waals surface area contributed by atoms with Crippen molar-refractivity contribution >= 4 is 28.9 Å². The molecule has 2 aromatic carbocycles. The number of carbonyl (C=O) groups is 1. The van der Waals surface area contributed by atoms with Gasteiger partial charge in [-0.1, -0.05) is 11.6 Å². The zero-order chi connectivity index (χ0) is 21.8. The molecule has 0 aromatic heterocycles. The van der Waals surface area contributed by atoms with Crippen LogP contribution in [0.15, 0.2) is 36.4 Å². The van der Waals surface area contributed by atoms with E-state index in [9.17, 15) is 28.1 Å². The van der Waals surface area contributed by atoms with Gasteiger partial charge in [0.1, 0.15) is 23.2 Å². The number of alkyl halides is 3. The molecule has 156 valence electrons. The topological polar surface area (TPSA) is 90.7 Å². The number of esters is 1. The van der Waals surface area contributed by atoms with Crippen molar-refractivity contribution in [1.29, 1.82) is 0 Å². The number of rotatable bonds is 7. The molecule has 0 amide bonds. The van der Waals surface area contributed by atoms with Crippen molar-refractivity contribution in [3.05, 3.63) is 57.1 Å². The monoisotopic (exact) mass is 432 g/mol. The fraction of sp³-hybridized carbons (Fsp3) is 0.278. The molecule has 0 saturated heterocycles. The molecule has 0 spiro atoms. The van der Waals surface area contributed by atoms with E-state index >= 15 is 0 Å². The maximum atomic E-state index is 12.7. The Morgan fingerprint density at radius 1 is 1.28 bits per heavy atom. The summed E-state index contributed by atoms with van der Waals surface area (Å²) in [6, 6.07) is 5.29. The van der Waals surface area contributed by atoms with Gasteiger partial charge in [-0.25, -0.2) is 4.79 Å². The van der Waals surface area contributed by atoms with Crippen LogP contribution in [0.5, 0.6) is 11.5 Å². The molecule has 0 saturated carbocycles. The van der Waals surface area contributed by atoms with Crippen molar-refractivity contribution in [1.82, 2.24) is 0 Å². The molecule has 2 rings (SSSR count). The lowest BCUT2D eigenvalue weighted by Gasteiger charge is -2.15.